The second-order valence-electron chi connectivity index (χ2n) is 6.16. The molecule has 0 aliphatic heterocycles. The van der Waals surface area contributed by atoms with Crippen molar-refractivity contribution in [2.75, 3.05) is 12.8 Å². The van der Waals surface area contributed by atoms with Gasteiger partial charge in [-0.3, -0.25) is 14.5 Å². The number of rotatable bonds is 8. The monoisotopic (exact) mass is 443 g/mol. The lowest BCUT2D eigenvalue weighted by molar-refractivity contribution is 0.0950. The summed E-state index contributed by atoms with van der Waals surface area (Å²) in [5.41, 5.74) is 3.34. The molecule has 4 nitrogen and oxygen atoms in total. The van der Waals surface area contributed by atoms with Crippen molar-refractivity contribution in [3.8, 4) is 11.1 Å². The molecule has 1 heterocycles. The highest BCUT2D eigenvalue weighted by atomic mass is 35.5. The predicted octanol–water partition coefficient (Wildman–Crippen LogP) is 5.67. The molecule has 0 saturated carbocycles. The fourth-order valence-corrected chi connectivity index (χ4v) is 4.29. The van der Waals surface area contributed by atoms with E-state index >= 15 is 0 Å². The molecule has 0 bridgehead atoms. The average molecular weight is 444 g/mol. The number of aromatic nitrogens is 1. The van der Waals surface area contributed by atoms with Crippen molar-refractivity contribution < 1.29 is 4.79 Å². The highest BCUT2D eigenvalue weighted by molar-refractivity contribution is 7.99. The molecule has 1 amide bonds. The number of nitrogens with zero attached hydrogens (tertiary/aromatic N) is 1. The number of nitrogens with one attached hydrogen (secondary N) is 2. The van der Waals surface area contributed by atoms with Crippen LogP contribution in [0.1, 0.15) is 22.8 Å². The first-order valence-electron chi connectivity index (χ1n) is 9.19. The SMILES string of the molecule is CCSc1ccc(-c2cncc(C(=O)NCc3ccc(SNC)cc3Cl)c2)cc1. The zero-order chi connectivity index (χ0) is 20.6. The molecule has 0 radical (unpaired) electrons. The normalized spacial score (nSPS) is 10.7. The number of pyridine rings is 1. The van der Waals surface area contributed by atoms with E-state index in [9.17, 15) is 4.79 Å². The molecule has 7 heteroatoms. The number of hydrogen-bond donors (Lipinski definition) is 2. The van der Waals surface area contributed by atoms with Gasteiger partial charge in [0.1, 0.15) is 0 Å². The van der Waals surface area contributed by atoms with Gasteiger partial charge in [0.25, 0.3) is 5.91 Å². The predicted molar refractivity (Wildman–Crippen MR) is 124 cm³/mol. The summed E-state index contributed by atoms with van der Waals surface area (Å²) < 4.78 is 3.01. The summed E-state index contributed by atoms with van der Waals surface area (Å²) >= 11 is 9.62. The van der Waals surface area contributed by atoms with Gasteiger partial charge in [-0.05, 0) is 66.2 Å². The minimum atomic E-state index is -0.178. The summed E-state index contributed by atoms with van der Waals surface area (Å²) in [6.07, 6.45) is 3.35. The van der Waals surface area contributed by atoms with E-state index in [-0.39, 0.29) is 5.91 Å². The Morgan fingerprint density at radius 1 is 1.03 bits per heavy atom. The van der Waals surface area contributed by atoms with Crippen molar-refractivity contribution in [3.05, 3.63) is 77.1 Å². The Kier molecular flexibility index (Phi) is 8.00. The highest BCUT2D eigenvalue weighted by Crippen LogP contribution is 2.25. The summed E-state index contributed by atoms with van der Waals surface area (Å²) in [7, 11) is 1.85. The van der Waals surface area contributed by atoms with Gasteiger partial charge in [0.2, 0.25) is 0 Å². The van der Waals surface area contributed by atoms with Gasteiger partial charge in [0.05, 0.1) is 5.56 Å². The van der Waals surface area contributed by atoms with Gasteiger partial charge in [-0.2, -0.15) is 0 Å². The second kappa shape index (κ2) is 10.7. The van der Waals surface area contributed by atoms with E-state index in [1.165, 1.54) is 16.8 Å². The number of benzene rings is 2. The summed E-state index contributed by atoms with van der Waals surface area (Å²) in [5.74, 6) is 0.861. The Morgan fingerprint density at radius 3 is 2.48 bits per heavy atom. The molecule has 2 N–H and O–H groups in total. The van der Waals surface area contributed by atoms with Crippen LogP contribution in [0.4, 0.5) is 0 Å². The van der Waals surface area contributed by atoms with Crippen LogP contribution >= 0.6 is 35.3 Å². The quantitative estimate of drug-likeness (QED) is 0.347. The van der Waals surface area contributed by atoms with E-state index in [1.807, 2.05) is 31.3 Å². The van der Waals surface area contributed by atoms with E-state index in [0.29, 0.717) is 17.1 Å². The van der Waals surface area contributed by atoms with Crippen molar-refractivity contribution in [1.82, 2.24) is 15.0 Å². The highest BCUT2D eigenvalue weighted by Gasteiger charge is 2.10. The Labute approximate surface area is 185 Å². The minimum absolute atomic E-state index is 0.178. The molecule has 29 heavy (non-hydrogen) atoms. The van der Waals surface area contributed by atoms with Crippen LogP contribution in [0, 0.1) is 0 Å². The van der Waals surface area contributed by atoms with Crippen LogP contribution in [0.3, 0.4) is 0 Å². The second-order valence-corrected chi connectivity index (χ2v) is 8.99. The van der Waals surface area contributed by atoms with Gasteiger partial charge in [0.15, 0.2) is 0 Å². The molecule has 3 rings (SSSR count). The first kappa shape index (κ1) is 21.7. The Bertz CT molecular complexity index is 980. The van der Waals surface area contributed by atoms with Crippen LogP contribution in [-0.2, 0) is 6.54 Å². The third kappa shape index (κ3) is 6.00. The van der Waals surface area contributed by atoms with Crippen LogP contribution in [0.2, 0.25) is 5.02 Å². The fourth-order valence-electron chi connectivity index (χ4n) is 2.76. The number of hydrogen-bond acceptors (Lipinski definition) is 5. The van der Waals surface area contributed by atoms with E-state index in [1.54, 1.807) is 24.2 Å². The van der Waals surface area contributed by atoms with Gasteiger partial charge in [-0.15, -0.1) is 11.8 Å². The smallest absolute Gasteiger partial charge is 0.253 e. The van der Waals surface area contributed by atoms with Crippen LogP contribution < -0.4 is 10.0 Å². The molecule has 0 atom stereocenters. The first-order chi connectivity index (χ1) is 14.1. The zero-order valence-corrected chi connectivity index (χ0v) is 18.6. The Balaban J connectivity index is 1.68. The molecular weight excluding hydrogens is 422 g/mol. The average Bonchev–Trinajstić information content (AvgIpc) is 2.74. The van der Waals surface area contributed by atoms with E-state index < -0.39 is 0 Å². The lowest BCUT2D eigenvalue weighted by Gasteiger charge is -2.09. The van der Waals surface area contributed by atoms with Gasteiger partial charge in [-0.1, -0.05) is 36.7 Å². The van der Waals surface area contributed by atoms with E-state index in [4.69, 9.17) is 11.6 Å². The Morgan fingerprint density at radius 2 is 1.79 bits per heavy atom. The van der Waals surface area contributed by atoms with Gasteiger partial charge >= 0.3 is 0 Å². The minimum Gasteiger partial charge on any atom is -0.348 e. The van der Waals surface area contributed by atoms with Crippen LogP contribution in [0.25, 0.3) is 11.1 Å². The molecule has 0 aliphatic rings. The number of carbonyl (C=O) groups excluding carboxylic acids is 1. The molecule has 0 saturated heterocycles. The molecule has 150 valence electrons. The number of halogens is 1. The summed E-state index contributed by atoms with van der Waals surface area (Å²) in [6, 6.07) is 15.9. The first-order valence-corrected chi connectivity index (χ1v) is 11.4. The van der Waals surface area contributed by atoms with Crippen molar-refractivity contribution in [3.63, 3.8) is 0 Å². The van der Waals surface area contributed by atoms with Gasteiger partial charge in [-0.25, -0.2) is 0 Å². The maximum atomic E-state index is 12.6. The molecule has 0 unspecified atom stereocenters. The molecule has 0 fully saturated rings. The molecule has 1 aromatic heterocycles. The van der Waals surface area contributed by atoms with E-state index in [2.05, 4.69) is 46.2 Å². The van der Waals surface area contributed by atoms with Crippen molar-refractivity contribution in [2.24, 2.45) is 0 Å². The van der Waals surface area contributed by atoms with E-state index in [0.717, 1.165) is 27.3 Å². The topological polar surface area (TPSA) is 54.0 Å². The number of carbonyl (C=O) groups is 1. The fraction of sp³-hybridized carbons (Fsp3) is 0.182. The van der Waals surface area contributed by atoms with Gasteiger partial charge in [0, 0.05) is 39.3 Å². The standard InChI is InChI=1S/C22H22ClN3OS2/c1-3-28-19-7-4-15(5-8-19)17-10-18(13-25-12-17)22(27)26-14-16-6-9-20(29-24-2)11-21(16)23/h4-13,24H,3,14H2,1-2H3,(H,26,27). The molecule has 3 aromatic rings. The number of amides is 1. The van der Waals surface area contributed by atoms with Gasteiger partial charge < -0.3 is 5.32 Å². The largest absolute Gasteiger partial charge is 0.348 e. The molecular formula is C22H22ClN3OS2. The molecule has 2 aromatic carbocycles. The summed E-state index contributed by atoms with van der Waals surface area (Å²) in [4.78, 5) is 19.1. The molecule has 0 spiro atoms. The maximum absolute atomic E-state index is 12.6. The third-order valence-electron chi connectivity index (χ3n) is 4.18. The molecule has 0 aliphatic carbocycles. The zero-order valence-electron chi connectivity index (χ0n) is 16.2. The third-order valence-corrected chi connectivity index (χ3v) is 6.12. The summed E-state index contributed by atoms with van der Waals surface area (Å²) in [6.45, 7) is 2.49. The van der Waals surface area contributed by atoms with Crippen LogP contribution in [-0.4, -0.2) is 23.7 Å². The lowest BCUT2D eigenvalue weighted by Crippen LogP contribution is -2.23. The maximum Gasteiger partial charge on any atom is 0.253 e. The van der Waals surface area contributed by atoms with Crippen molar-refractivity contribution in [1.29, 1.82) is 0 Å². The van der Waals surface area contributed by atoms with Crippen molar-refractivity contribution in [2.45, 2.75) is 23.3 Å². The lowest BCUT2D eigenvalue weighted by atomic mass is 10.1. The Hall–Kier alpha value is -1.99. The van der Waals surface area contributed by atoms with Crippen LogP contribution in [0.15, 0.2) is 70.7 Å². The summed E-state index contributed by atoms with van der Waals surface area (Å²) in [5, 5.41) is 3.55. The number of thioether (sulfide) groups is 1. The van der Waals surface area contributed by atoms with Crippen molar-refractivity contribution >= 4 is 41.2 Å². The van der Waals surface area contributed by atoms with Crippen LogP contribution in [0.5, 0.6) is 0 Å².